The third-order valence-corrected chi connectivity index (χ3v) is 2.84. The molecular formula is C13H15F3N2O. The van der Waals surface area contributed by atoms with Gasteiger partial charge in [-0.3, -0.25) is 4.79 Å². The number of hydrogen-bond donors (Lipinski definition) is 2. The lowest BCUT2D eigenvalue weighted by atomic mass is 10.1. The molecule has 6 heteroatoms. The van der Waals surface area contributed by atoms with Gasteiger partial charge in [0, 0.05) is 18.2 Å². The van der Waals surface area contributed by atoms with Crippen molar-refractivity contribution >= 4 is 5.91 Å². The summed E-state index contributed by atoms with van der Waals surface area (Å²) in [6.45, 7) is -0.591. The number of rotatable bonds is 5. The van der Waals surface area contributed by atoms with Gasteiger partial charge in [-0.15, -0.1) is 0 Å². The molecule has 0 heterocycles. The number of amides is 1. The van der Waals surface area contributed by atoms with E-state index >= 15 is 0 Å². The van der Waals surface area contributed by atoms with Crippen LogP contribution < -0.4 is 10.6 Å². The highest BCUT2D eigenvalue weighted by Crippen LogP contribution is 2.19. The Labute approximate surface area is 109 Å². The molecule has 2 rings (SSSR count). The molecule has 1 aromatic carbocycles. The van der Waals surface area contributed by atoms with Crippen LogP contribution in [0.5, 0.6) is 0 Å². The molecule has 0 unspecified atom stereocenters. The normalized spacial score (nSPS) is 15.3. The van der Waals surface area contributed by atoms with Gasteiger partial charge in [0.15, 0.2) is 0 Å². The highest BCUT2D eigenvalue weighted by Gasteiger charge is 2.27. The first-order chi connectivity index (χ1) is 8.94. The van der Waals surface area contributed by atoms with E-state index in [0.717, 1.165) is 12.1 Å². The SMILES string of the molecule is O=C(NCC(F)(F)F)c1ccc(CNC2CC2)cc1. The number of halogens is 3. The predicted molar refractivity (Wildman–Crippen MR) is 64.7 cm³/mol. The number of nitrogens with one attached hydrogen (secondary N) is 2. The molecule has 1 amide bonds. The second kappa shape index (κ2) is 5.61. The number of carbonyl (C=O) groups is 1. The molecule has 1 saturated carbocycles. The van der Waals surface area contributed by atoms with Gasteiger partial charge in [-0.05, 0) is 30.5 Å². The first-order valence-electron chi connectivity index (χ1n) is 6.11. The topological polar surface area (TPSA) is 41.1 Å². The van der Waals surface area contributed by atoms with Crippen molar-refractivity contribution in [3.05, 3.63) is 35.4 Å². The maximum atomic E-state index is 12.0. The first-order valence-corrected chi connectivity index (χ1v) is 6.11. The van der Waals surface area contributed by atoms with E-state index < -0.39 is 18.6 Å². The second-order valence-corrected chi connectivity index (χ2v) is 4.65. The molecule has 19 heavy (non-hydrogen) atoms. The molecule has 3 nitrogen and oxygen atoms in total. The Morgan fingerprint density at radius 3 is 2.37 bits per heavy atom. The Bertz CT molecular complexity index is 438. The van der Waals surface area contributed by atoms with Gasteiger partial charge < -0.3 is 10.6 Å². The highest BCUT2D eigenvalue weighted by molar-refractivity contribution is 5.94. The minimum Gasteiger partial charge on any atom is -0.343 e. The van der Waals surface area contributed by atoms with Crippen molar-refractivity contribution in [1.29, 1.82) is 0 Å². The van der Waals surface area contributed by atoms with E-state index in [4.69, 9.17) is 0 Å². The summed E-state index contributed by atoms with van der Waals surface area (Å²) in [4.78, 5) is 11.5. The Balaban J connectivity index is 1.84. The van der Waals surface area contributed by atoms with Crippen molar-refractivity contribution in [3.8, 4) is 0 Å². The molecule has 0 atom stereocenters. The van der Waals surface area contributed by atoms with Crippen molar-refractivity contribution in [2.45, 2.75) is 31.6 Å². The van der Waals surface area contributed by atoms with Crippen molar-refractivity contribution < 1.29 is 18.0 Å². The van der Waals surface area contributed by atoms with E-state index in [1.54, 1.807) is 12.1 Å². The zero-order valence-electron chi connectivity index (χ0n) is 10.3. The fourth-order valence-corrected chi connectivity index (χ4v) is 1.61. The first kappa shape index (κ1) is 13.9. The van der Waals surface area contributed by atoms with E-state index in [1.165, 1.54) is 25.0 Å². The van der Waals surface area contributed by atoms with Crippen LogP contribution in [-0.4, -0.2) is 24.7 Å². The summed E-state index contributed by atoms with van der Waals surface area (Å²) in [6.07, 6.45) is -2.00. The molecular weight excluding hydrogens is 257 g/mol. The smallest absolute Gasteiger partial charge is 0.343 e. The van der Waals surface area contributed by atoms with Crippen LogP contribution in [0, 0.1) is 0 Å². The van der Waals surface area contributed by atoms with Gasteiger partial charge in [-0.25, -0.2) is 0 Å². The van der Waals surface area contributed by atoms with E-state index in [9.17, 15) is 18.0 Å². The number of hydrogen-bond acceptors (Lipinski definition) is 2. The maximum absolute atomic E-state index is 12.0. The third kappa shape index (κ3) is 4.90. The van der Waals surface area contributed by atoms with Gasteiger partial charge in [0.2, 0.25) is 0 Å². The van der Waals surface area contributed by atoms with Gasteiger partial charge in [0.1, 0.15) is 6.54 Å². The van der Waals surface area contributed by atoms with Gasteiger partial charge >= 0.3 is 6.18 Å². The summed E-state index contributed by atoms with van der Waals surface area (Å²) in [5.74, 6) is -0.709. The van der Waals surface area contributed by atoms with E-state index in [0.29, 0.717) is 6.04 Å². The molecule has 1 aliphatic carbocycles. The summed E-state index contributed by atoms with van der Waals surface area (Å²) in [6, 6.07) is 7.16. The lowest BCUT2D eigenvalue weighted by molar-refractivity contribution is -0.123. The number of carbonyl (C=O) groups excluding carboxylic acids is 1. The molecule has 0 aromatic heterocycles. The molecule has 0 aliphatic heterocycles. The Hall–Kier alpha value is -1.56. The summed E-state index contributed by atoms with van der Waals surface area (Å²) in [7, 11) is 0. The lowest BCUT2D eigenvalue weighted by Crippen LogP contribution is -2.33. The maximum Gasteiger partial charge on any atom is 0.405 e. The van der Waals surface area contributed by atoms with Crippen LogP contribution >= 0.6 is 0 Å². The van der Waals surface area contributed by atoms with Crippen LogP contribution in [-0.2, 0) is 6.54 Å². The van der Waals surface area contributed by atoms with Crippen LogP contribution in [0.4, 0.5) is 13.2 Å². The molecule has 1 aromatic rings. The third-order valence-electron chi connectivity index (χ3n) is 2.84. The van der Waals surface area contributed by atoms with Gasteiger partial charge in [-0.2, -0.15) is 13.2 Å². The van der Waals surface area contributed by atoms with Crippen molar-refractivity contribution in [3.63, 3.8) is 0 Å². The molecule has 1 fully saturated rings. The number of alkyl halides is 3. The molecule has 1 aliphatic rings. The summed E-state index contributed by atoms with van der Waals surface area (Å²) in [5, 5.41) is 5.16. The lowest BCUT2D eigenvalue weighted by Gasteiger charge is -2.09. The zero-order chi connectivity index (χ0) is 13.9. The Morgan fingerprint density at radius 1 is 1.21 bits per heavy atom. The van der Waals surface area contributed by atoms with E-state index in [1.807, 2.05) is 5.32 Å². The van der Waals surface area contributed by atoms with E-state index in [2.05, 4.69) is 5.32 Å². The molecule has 0 spiro atoms. The predicted octanol–water partition coefficient (Wildman–Crippen LogP) is 2.23. The second-order valence-electron chi connectivity index (χ2n) is 4.65. The number of benzene rings is 1. The Morgan fingerprint density at radius 2 is 1.84 bits per heavy atom. The fraction of sp³-hybridized carbons (Fsp3) is 0.462. The van der Waals surface area contributed by atoms with Crippen LogP contribution in [0.25, 0.3) is 0 Å². The minimum absolute atomic E-state index is 0.236. The summed E-state index contributed by atoms with van der Waals surface area (Å²) < 4.78 is 35.9. The molecule has 0 saturated heterocycles. The van der Waals surface area contributed by atoms with Crippen LogP contribution in [0.2, 0.25) is 0 Å². The van der Waals surface area contributed by atoms with Crippen LogP contribution in [0.1, 0.15) is 28.8 Å². The van der Waals surface area contributed by atoms with Crippen molar-refractivity contribution in [2.75, 3.05) is 6.54 Å². The average Bonchev–Trinajstić information content (AvgIpc) is 3.17. The van der Waals surface area contributed by atoms with E-state index in [-0.39, 0.29) is 5.56 Å². The van der Waals surface area contributed by atoms with Crippen LogP contribution in [0.3, 0.4) is 0 Å². The molecule has 104 valence electrons. The minimum atomic E-state index is -4.39. The van der Waals surface area contributed by atoms with Crippen molar-refractivity contribution in [2.24, 2.45) is 0 Å². The molecule has 2 N–H and O–H groups in total. The van der Waals surface area contributed by atoms with Crippen molar-refractivity contribution in [1.82, 2.24) is 10.6 Å². The fourth-order valence-electron chi connectivity index (χ4n) is 1.61. The quantitative estimate of drug-likeness (QED) is 0.863. The van der Waals surface area contributed by atoms with Gasteiger partial charge in [0.05, 0.1) is 0 Å². The highest BCUT2D eigenvalue weighted by atomic mass is 19.4. The molecule has 0 radical (unpaired) electrons. The van der Waals surface area contributed by atoms with Crippen LogP contribution in [0.15, 0.2) is 24.3 Å². The van der Waals surface area contributed by atoms with Gasteiger partial charge in [-0.1, -0.05) is 12.1 Å². The summed E-state index contributed by atoms with van der Waals surface area (Å²) in [5.41, 5.74) is 1.25. The van der Waals surface area contributed by atoms with Gasteiger partial charge in [0.25, 0.3) is 5.91 Å². The summed E-state index contributed by atoms with van der Waals surface area (Å²) >= 11 is 0. The average molecular weight is 272 g/mol. The standard InChI is InChI=1S/C13H15F3N2O/c14-13(15,16)8-18-12(19)10-3-1-9(2-4-10)7-17-11-5-6-11/h1-4,11,17H,5-8H2,(H,18,19). The largest absolute Gasteiger partial charge is 0.405 e. The Kier molecular flexibility index (Phi) is 4.09. The molecule has 0 bridgehead atoms. The zero-order valence-corrected chi connectivity index (χ0v) is 10.3. The monoisotopic (exact) mass is 272 g/mol.